The molecule has 0 spiro atoms. The van der Waals surface area contributed by atoms with Crippen molar-refractivity contribution in [1.29, 1.82) is 0 Å². The highest BCUT2D eigenvalue weighted by Crippen LogP contribution is 2.35. The minimum absolute atomic E-state index is 0.00939. The number of hydrogen-bond acceptors (Lipinski definition) is 5. The van der Waals surface area contributed by atoms with Gasteiger partial charge < -0.3 is 10.7 Å². The lowest BCUT2D eigenvalue weighted by molar-refractivity contribution is -0.130. The fraction of sp³-hybridized carbons (Fsp3) is 0.286. The van der Waals surface area contributed by atoms with Gasteiger partial charge in [0.25, 0.3) is 0 Å². The number of nitrogens with two attached hydrogens (primary N) is 1. The normalized spacial score (nSPS) is 12.0. The van der Waals surface area contributed by atoms with Crippen LogP contribution < -0.4 is 5.84 Å². The highest BCUT2D eigenvalue weighted by atomic mass is 32.2. The van der Waals surface area contributed by atoms with E-state index in [1.165, 1.54) is 22.5 Å². The Morgan fingerprint density at radius 3 is 2.41 bits per heavy atom. The summed E-state index contributed by atoms with van der Waals surface area (Å²) in [5, 5.41) is 8.19. The second kappa shape index (κ2) is 9.56. The molecule has 0 bridgehead atoms. The van der Waals surface area contributed by atoms with Crippen LogP contribution in [0.2, 0.25) is 0 Å². The maximum atomic E-state index is 14.0. The van der Waals surface area contributed by atoms with Crippen molar-refractivity contribution < 1.29 is 9.18 Å². The number of likely N-dealkylation sites (N-methyl/N-ethyl adjacent to an activating group) is 1. The van der Waals surface area contributed by atoms with Crippen molar-refractivity contribution in [2.24, 2.45) is 0 Å². The molecule has 1 amide bonds. The maximum Gasteiger partial charge on any atom is 0.240 e. The molecule has 3 aromatic rings. The molecule has 2 aromatic carbocycles. The third kappa shape index (κ3) is 4.76. The summed E-state index contributed by atoms with van der Waals surface area (Å²) in [5.41, 5.74) is 1.36. The van der Waals surface area contributed by atoms with Crippen LogP contribution in [-0.2, 0) is 11.2 Å². The molecule has 0 saturated heterocycles. The average molecular weight is 414 g/mol. The highest BCUT2D eigenvalue weighted by molar-refractivity contribution is 8.00. The van der Waals surface area contributed by atoms with Gasteiger partial charge in [-0.25, -0.2) is 9.07 Å². The van der Waals surface area contributed by atoms with E-state index in [2.05, 4.69) is 10.2 Å². The molecule has 0 fully saturated rings. The zero-order valence-corrected chi connectivity index (χ0v) is 17.3. The smallest absolute Gasteiger partial charge is 0.240 e. The van der Waals surface area contributed by atoms with Gasteiger partial charge in [-0.05, 0) is 31.0 Å². The van der Waals surface area contributed by atoms with Crippen LogP contribution in [0.15, 0.2) is 59.8 Å². The van der Waals surface area contributed by atoms with E-state index in [9.17, 15) is 9.18 Å². The second-order valence-electron chi connectivity index (χ2n) is 6.46. The summed E-state index contributed by atoms with van der Waals surface area (Å²) >= 11 is 1.25. The number of nitrogens with zero attached hydrogens (tertiary/aromatic N) is 4. The first-order valence-electron chi connectivity index (χ1n) is 9.48. The van der Waals surface area contributed by atoms with E-state index in [4.69, 9.17) is 5.84 Å². The Hall–Kier alpha value is -2.87. The lowest BCUT2D eigenvalue weighted by Crippen LogP contribution is -2.34. The highest BCUT2D eigenvalue weighted by Gasteiger charge is 2.28. The molecular weight excluding hydrogens is 389 g/mol. The van der Waals surface area contributed by atoms with E-state index in [0.717, 1.165) is 5.56 Å². The van der Waals surface area contributed by atoms with Crippen molar-refractivity contribution in [3.8, 4) is 0 Å². The monoisotopic (exact) mass is 413 g/mol. The second-order valence-corrected chi connectivity index (χ2v) is 7.53. The van der Waals surface area contributed by atoms with Crippen LogP contribution in [0, 0.1) is 5.82 Å². The van der Waals surface area contributed by atoms with Crippen LogP contribution in [0.4, 0.5) is 4.39 Å². The summed E-state index contributed by atoms with van der Waals surface area (Å²) < 4.78 is 15.3. The number of halogens is 1. The first-order valence-corrected chi connectivity index (χ1v) is 10.4. The van der Waals surface area contributed by atoms with Gasteiger partial charge in [-0.15, -0.1) is 10.2 Å². The van der Waals surface area contributed by atoms with Gasteiger partial charge in [-0.2, -0.15) is 0 Å². The van der Waals surface area contributed by atoms with Crippen molar-refractivity contribution in [2.45, 2.75) is 30.7 Å². The molecule has 1 atom stereocenters. The molecule has 1 aromatic heterocycles. The van der Waals surface area contributed by atoms with Gasteiger partial charge in [-0.3, -0.25) is 4.79 Å². The van der Waals surface area contributed by atoms with Crippen LogP contribution in [0.5, 0.6) is 0 Å². The van der Waals surface area contributed by atoms with Crippen molar-refractivity contribution in [1.82, 2.24) is 19.8 Å². The summed E-state index contributed by atoms with van der Waals surface area (Å²) in [6, 6.07) is 16.0. The SMILES string of the molecule is CCN(CC)C(=O)[C@H](Sc1nnc(Cc2ccccc2F)n1N)c1ccccc1. The van der Waals surface area contributed by atoms with Crippen molar-refractivity contribution in [2.75, 3.05) is 18.9 Å². The maximum absolute atomic E-state index is 14.0. The summed E-state index contributed by atoms with van der Waals surface area (Å²) in [5.74, 6) is 6.30. The van der Waals surface area contributed by atoms with Gasteiger partial charge >= 0.3 is 0 Å². The molecule has 6 nitrogen and oxygen atoms in total. The zero-order chi connectivity index (χ0) is 20.8. The van der Waals surface area contributed by atoms with Crippen molar-refractivity contribution in [3.05, 3.63) is 77.4 Å². The van der Waals surface area contributed by atoms with Gasteiger partial charge in [0.1, 0.15) is 11.1 Å². The molecular formula is C21H24FN5OS. The van der Waals surface area contributed by atoms with Crippen LogP contribution in [-0.4, -0.2) is 38.8 Å². The minimum Gasteiger partial charge on any atom is -0.342 e. The summed E-state index contributed by atoms with van der Waals surface area (Å²) in [4.78, 5) is 14.9. The Morgan fingerprint density at radius 1 is 1.10 bits per heavy atom. The molecule has 0 unspecified atom stereocenters. The Morgan fingerprint density at radius 2 is 1.76 bits per heavy atom. The van der Waals surface area contributed by atoms with Crippen molar-refractivity contribution >= 4 is 17.7 Å². The zero-order valence-electron chi connectivity index (χ0n) is 16.5. The fourth-order valence-corrected chi connectivity index (χ4v) is 4.08. The van der Waals surface area contributed by atoms with Gasteiger partial charge in [0, 0.05) is 19.5 Å². The number of hydrogen-bond donors (Lipinski definition) is 1. The summed E-state index contributed by atoms with van der Waals surface area (Å²) in [6.45, 7) is 5.14. The largest absolute Gasteiger partial charge is 0.342 e. The topological polar surface area (TPSA) is 77.0 Å². The third-order valence-corrected chi connectivity index (χ3v) is 5.87. The van der Waals surface area contributed by atoms with Crippen LogP contribution in [0.3, 0.4) is 0 Å². The first kappa shape index (κ1) is 20.9. The molecule has 152 valence electrons. The van der Waals surface area contributed by atoms with Gasteiger partial charge in [-0.1, -0.05) is 60.3 Å². The standard InChI is InChI=1S/C21H24FN5OS/c1-3-26(4-2)20(28)19(15-10-6-5-7-11-15)29-21-25-24-18(27(21)23)14-16-12-8-9-13-17(16)22/h5-13,19H,3-4,14,23H2,1-2H3/t19-/m1/s1. The lowest BCUT2D eigenvalue weighted by atomic mass is 10.1. The Labute approximate surface area is 173 Å². The number of benzene rings is 2. The van der Waals surface area contributed by atoms with E-state index >= 15 is 0 Å². The molecule has 8 heteroatoms. The Bertz CT molecular complexity index is 959. The Balaban J connectivity index is 1.87. The van der Waals surface area contributed by atoms with Gasteiger partial charge in [0.2, 0.25) is 11.1 Å². The number of aromatic nitrogens is 3. The van der Waals surface area contributed by atoms with Crippen LogP contribution in [0.1, 0.15) is 36.0 Å². The average Bonchev–Trinajstić information content (AvgIpc) is 3.08. The van der Waals surface area contributed by atoms with E-state index in [0.29, 0.717) is 29.6 Å². The number of carbonyl (C=O) groups excluding carboxylic acids is 1. The van der Waals surface area contributed by atoms with E-state index in [1.54, 1.807) is 23.1 Å². The lowest BCUT2D eigenvalue weighted by Gasteiger charge is -2.24. The molecule has 1 heterocycles. The third-order valence-electron chi connectivity index (χ3n) is 4.67. The van der Waals surface area contributed by atoms with Crippen LogP contribution >= 0.6 is 11.8 Å². The number of thioether (sulfide) groups is 1. The van der Waals surface area contributed by atoms with E-state index in [-0.39, 0.29) is 18.1 Å². The fourth-order valence-electron chi connectivity index (χ4n) is 3.02. The molecule has 0 aliphatic heterocycles. The molecule has 29 heavy (non-hydrogen) atoms. The predicted molar refractivity (Wildman–Crippen MR) is 112 cm³/mol. The number of amides is 1. The van der Waals surface area contributed by atoms with Crippen molar-refractivity contribution in [3.63, 3.8) is 0 Å². The van der Waals surface area contributed by atoms with E-state index in [1.807, 2.05) is 44.2 Å². The van der Waals surface area contributed by atoms with Gasteiger partial charge in [0.05, 0.1) is 0 Å². The summed E-state index contributed by atoms with van der Waals surface area (Å²) in [6.07, 6.45) is 0.219. The Kier molecular flexibility index (Phi) is 6.87. The molecule has 0 aliphatic rings. The molecule has 0 saturated carbocycles. The van der Waals surface area contributed by atoms with E-state index < -0.39 is 5.25 Å². The minimum atomic E-state index is -0.496. The number of carbonyl (C=O) groups is 1. The quantitative estimate of drug-likeness (QED) is 0.452. The molecule has 2 N–H and O–H groups in total. The molecule has 0 aliphatic carbocycles. The molecule has 3 rings (SSSR count). The first-order chi connectivity index (χ1) is 14.0. The predicted octanol–water partition coefficient (Wildman–Crippen LogP) is 3.42. The number of nitrogen functional groups attached to an aromatic ring is 1. The molecule has 0 radical (unpaired) electrons. The van der Waals surface area contributed by atoms with Crippen LogP contribution in [0.25, 0.3) is 0 Å². The van der Waals surface area contributed by atoms with Gasteiger partial charge in [0.15, 0.2) is 5.82 Å². The number of rotatable bonds is 8. The summed E-state index contributed by atoms with van der Waals surface area (Å²) in [7, 11) is 0.